The molecule has 35 heavy (non-hydrogen) atoms. The maximum atomic E-state index is 12.8. The third-order valence-electron chi connectivity index (χ3n) is 5.79. The minimum absolute atomic E-state index is 0.0389. The van der Waals surface area contributed by atoms with Gasteiger partial charge < -0.3 is 5.11 Å². The van der Waals surface area contributed by atoms with Crippen molar-refractivity contribution < 1.29 is 19.5 Å². The zero-order valence-electron chi connectivity index (χ0n) is 21.2. The molecule has 0 fully saturated rings. The molecular weight excluding hydrogens is 436 g/mol. The third-order valence-corrected chi connectivity index (χ3v) is 5.79. The number of aryl methyl sites for hydroxylation is 1. The Morgan fingerprint density at radius 1 is 0.771 bits per heavy atom. The van der Waals surface area contributed by atoms with Gasteiger partial charge in [0.05, 0.1) is 11.1 Å². The Bertz CT molecular complexity index is 1320. The van der Waals surface area contributed by atoms with Crippen molar-refractivity contribution in [1.82, 2.24) is 0 Å². The van der Waals surface area contributed by atoms with Crippen LogP contribution in [0.2, 0.25) is 0 Å². The van der Waals surface area contributed by atoms with Crippen molar-refractivity contribution in [2.24, 2.45) is 0 Å². The second kappa shape index (κ2) is 10.2. The fourth-order valence-corrected chi connectivity index (χ4v) is 3.91. The summed E-state index contributed by atoms with van der Waals surface area (Å²) in [6, 6.07) is 10.8. The number of hydrogen-bond acceptors (Lipinski definition) is 4. The summed E-state index contributed by atoms with van der Waals surface area (Å²) in [5.41, 5.74) is 4.07. The number of carbonyl (C=O) groups is 3. The number of aliphatic hydroxyl groups excluding tert-OH is 1. The number of ketones is 3. The lowest BCUT2D eigenvalue weighted by Gasteiger charge is -2.19. The van der Waals surface area contributed by atoms with E-state index in [0.717, 1.165) is 11.1 Å². The van der Waals surface area contributed by atoms with Crippen LogP contribution in [-0.2, 0) is 5.41 Å². The first-order valence-corrected chi connectivity index (χ1v) is 11.9. The molecular formula is C31H32O4. The fraction of sp³-hybridized carbons (Fsp3) is 0.258. The molecule has 4 rings (SSSR count). The van der Waals surface area contributed by atoms with Crippen molar-refractivity contribution in [3.05, 3.63) is 111 Å². The Kier molecular flexibility index (Phi) is 7.54. The summed E-state index contributed by atoms with van der Waals surface area (Å²) in [6.45, 7) is 12.3. The molecule has 0 spiro atoms. The van der Waals surface area contributed by atoms with Gasteiger partial charge in [-0.25, -0.2) is 0 Å². The second-order valence-corrected chi connectivity index (χ2v) is 9.84. The Hall–Kier alpha value is -3.79. The Balaban J connectivity index is 0.00000108. The molecule has 2 aromatic carbocycles. The summed E-state index contributed by atoms with van der Waals surface area (Å²) < 4.78 is 0. The average Bonchev–Trinajstić information content (AvgIpc) is 3.18. The van der Waals surface area contributed by atoms with Gasteiger partial charge in [0.2, 0.25) is 0 Å². The molecule has 2 aliphatic carbocycles. The van der Waals surface area contributed by atoms with Crippen molar-refractivity contribution >= 4 is 23.1 Å². The zero-order valence-corrected chi connectivity index (χ0v) is 21.2. The Morgan fingerprint density at radius 3 is 2.03 bits per heavy atom. The summed E-state index contributed by atoms with van der Waals surface area (Å²) in [6.07, 6.45) is 9.10. The highest BCUT2D eigenvalue weighted by Crippen LogP contribution is 2.33. The molecule has 180 valence electrons. The molecule has 0 radical (unpaired) electrons. The standard InChI is InChI=1S/C28H24O4.C3H8/c1-16-10-12-18-22(14-16)26(31)20(24(18)29)8-6-5-7-9-21-25(30)19-13-11-17(28(2,3)4)15-23(19)27(21)32;1-3-2/h5-15,31H,1-4H3;3H2,1-2H3. The highest BCUT2D eigenvalue weighted by atomic mass is 16.3. The number of carbonyl (C=O) groups excluding carboxylic acids is 3. The lowest BCUT2D eigenvalue weighted by atomic mass is 9.85. The highest BCUT2D eigenvalue weighted by molar-refractivity contribution is 6.39. The molecule has 0 saturated carbocycles. The first kappa shape index (κ1) is 25.8. The van der Waals surface area contributed by atoms with Crippen LogP contribution in [0.3, 0.4) is 0 Å². The number of aliphatic hydroxyl groups is 1. The molecule has 0 heterocycles. The van der Waals surface area contributed by atoms with Crippen molar-refractivity contribution in [2.75, 3.05) is 0 Å². The van der Waals surface area contributed by atoms with Gasteiger partial charge in [-0.2, -0.15) is 0 Å². The predicted molar refractivity (Wildman–Crippen MR) is 141 cm³/mol. The molecule has 4 nitrogen and oxygen atoms in total. The molecule has 0 aromatic heterocycles. The topological polar surface area (TPSA) is 71.4 Å². The van der Waals surface area contributed by atoms with Crippen molar-refractivity contribution in [3.8, 4) is 0 Å². The average molecular weight is 469 g/mol. The molecule has 0 unspecified atom stereocenters. The molecule has 0 amide bonds. The van der Waals surface area contributed by atoms with E-state index < -0.39 is 0 Å². The van der Waals surface area contributed by atoms with E-state index in [9.17, 15) is 19.5 Å². The van der Waals surface area contributed by atoms with Gasteiger partial charge in [-0.1, -0.05) is 83.0 Å². The molecule has 4 heteroatoms. The van der Waals surface area contributed by atoms with Gasteiger partial charge in [-0.05, 0) is 48.3 Å². The van der Waals surface area contributed by atoms with Gasteiger partial charge in [0, 0.05) is 22.3 Å². The van der Waals surface area contributed by atoms with Crippen LogP contribution < -0.4 is 0 Å². The van der Waals surface area contributed by atoms with Crippen LogP contribution in [0.4, 0.5) is 0 Å². The summed E-state index contributed by atoms with van der Waals surface area (Å²) in [5.74, 6) is -0.826. The molecule has 0 bridgehead atoms. The van der Waals surface area contributed by atoms with Gasteiger partial charge in [-0.15, -0.1) is 0 Å². The number of hydrogen-bond donors (Lipinski definition) is 1. The van der Waals surface area contributed by atoms with Crippen LogP contribution in [0.1, 0.15) is 88.8 Å². The van der Waals surface area contributed by atoms with E-state index in [1.165, 1.54) is 18.6 Å². The molecule has 2 aromatic rings. The van der Waals surface area contributed by atoms with E-state index in [-0.39, 0.29) is 39.7 Å². The first-order valence-electron chi connectivity index (χ1n) is 11.9. The molecule has 0 saturated heterocycles. The lowest BCUT2D eigenvalue weighted by molar-refractivity contribution is 0.0986. The minimum Gasteiger partial charge on any atom is -0.507 e. The Morgan fingerprint density at radius 2 is 1.37 bits per heavy atom. The van der Waals surface area contributed by atoms with Gasteiger partial charge in [-0.3, -0.25) is 14.4 Å². The monoisotopic (exact) mass is 468 g/mol. The Labute approximate surface area is 207 Å². The van der Waals surface area contributed by atoms with Crippen LogP contribution in [0.5, 0.6) is 0 Å². The van der Waals surface area contributed by atoms with Crippen molar-refractivity contribution in [1.29, 1.82) is 0 Å². The lowest BCUT2D eigenvalue weighted by Crippen LogP contribution is -2.12. The highest BCUT2D eigenvalue weighted by Gasteiger charge is 2.33. The normalized spacial score (nSPS) is 16.4. The van der Waals surface area contributed by atoms with Crippen LogP contribution >= 0.6 is 0 Å². The summed E-state index contributed by atoms with van der Waals surface area (Å²) in [4.78, 5) is 37.9. The number of fused-ring (bicyclic) bond motifs is 2. The molecule has 2 aliphatic rings. The first-order chi connectivity index (χ1) is 16.5. The largest absolute Gasteiger partial charge is 0.507 e. The van der Waals surface area contributed by atoms with Crippen LogP contribution in [0, 0.1) is 6.92 Å². The van der Waals surface area contributed by atoms with Crippen molar-refractivity contribution in [3.63, 3.8) is 0 Å². The van der Waals surface area contributed by atoms with E-state index in [4.69, 9.17) is 0 Å². The number of benzene rings is 2. The SMILES string of the molecule is CCC.Cc1ccc2c(c1)C(O)=C(C=CC=CC=C1C(=O)c3ccc(C(C)(C)C)cc3C1=O)C2=O. The fourth-order valence-electron chi connectivity index (χ4n) is 3.91. The number of Topliss-reactive ketones (excluding diaryl/α,β-unsaturated/α-hetero) is 3. The van der Waals surface area contributed by atoms with Crippen LogP contribution in [0.25, 0.3) is 5.76 Å². The summed E-state index contributed by atoms with van der Waals surface area (Å²) >= 11 is 0. The maximum absolute atomic E-state index is 12.8. The zero-order chi connectivity index (χ0) is 25.9. The van der Waals surface area contributed by atoms with Gasteiger partial charge in [0.25, 0.3) is 0 Å². The number of allylic oxidation sites excluding steroid dienone is 7. The second-order valence-electron chi connectivity index (χ2n) is 9.84. The van der Waals surface area contributed by atoms with E-state index >= 15 is 0 Å². The van der Waals surface area contributed by atoms with Gasteiger partial charge in [0.15, 0.2) is 17.3 Å². The van der Waals surface area contributed by atoms with Crippen LogP contribution in [0.15, 0.2) is 77.9 Å². The van der Waals surface area contributed by atoms with E-state index in [0.29, 0.717) is 22.3 Å². The van der Waals surface area contributed by atoms with Crippen LogP contribution in [-0.4, -0.2) is 22.5 Å². The number of rotatable bonds is 3. The maximum Gasteiger partial charge on any atom is 0.197 e. The minimum atomic E-state index is -0.281. The molecule has 0 atom stereocenters. The van der Waals surface area contributed by atoms with Gasteiger partial charge in [0.1, 0.15) is 5.76 Å². The van der Waals surface area contributed by atoms with E-state index in [1.54, 1.807) is 42.5 Å². The summed E-state index contributed by atoms with van der Waals surface area (Å²) in [7, 11) is 0. The molecule has 0 aliphatic heterocycles. The third kappa shape index (κ3) is 5.17. The summed E-state index contributed by atoms with van der Waals surface area (Å²) in [5, 5.41) is 10.4. The molecule has 1 N–H and O–H groups in total. The van der Waals surface area contributed by atoms with E-state index in [1.807, 2.05) is 19.1 Å². The van der Waals surface area contributed by atoms with Gasteiger partial charge >= 0.3 is 0 Å². The van der Waals surface area contributed by atoms with E-state index in [2.05, 4.69) is 34.6 Å². The predicted octanol–water partition coefficient (Wildman–Crippen LogP) is 7.29. The smallest absolute Gasteiger partial charge is 0.197 e. The quantitative estimate of drug-likeness (QED) is 0.292. The van der Waals surface area contributed by atoms with Crippen molar-refractivity contribution in [2.45, 2.75) is 53.4 Å².